The molecule has 1 N–H and O–H groups in total. The van der Waals surface area contributed by atoms with Crippen LogP contribution in [0.25, 0.3) is 5.69 Å². The van der Waals surface area contributed by atoms with Gasteiger partial charge in [-0.05, 0) is 49.1 Å². The van der Waals surface area contributed by atoms with Crippen molar-refractivity contribution < 1.29 is 22.7 Å². The zero-order chi connectivity index (χ0) is 22.0. The van der Waals surface area contributed by atoms with Crippen LogP contribution in [-0.2, 0) is 23.9 Å². The number of aromatic nitrogens is 4. The maximum absolute atomic E-state index is 12.8. The summed E-state index contributed by atoms with van der Waals surface area (Å²) in [7, 11) is 1.64. The number of carbonyl (C=O) groups excluding carboxylic acids is 1. The first-order valence-corrected chi connectivity index (χ1v) is 9.93. The third-order valence-corrected chi connectivity index (χ3v) is 5.27. The van der Waals surface area contributed by atoms with Crippen LogP contribution in [0.4, 0.5) is 13.2 Å². The van der Waals surface area contributed by atoms with Crippen LogP contribution in [0.15, 0.2) is 42.9 Å². The molecule has 7 nitrogen and oxygen atoms in total. The van der Waals surface area contributed by atoms with Crippen LogP contribution in [0.5, 0.6) is 0 Å². The number of nitrogens with one attached hydrogen (secondary N) is 1. The van der Waals surface area contributed by atoms with Gasteiger partial charge in [-0.1, -0.05) is 0 Å². The summed E-state index contributed by atoms with van der Waals surface area (Å²) < 4.78 is 46.5. The average molecular weight is 433 g/mol. The van der Waals surface area contributed by atoms with Gasteiger partial charge in [0.15, 0.2) is 0 Å². The van der Waals surface area contributed by atoms with Gasteiger partial charge < -0.3 is 10.1 Å². The van der Waals surface area contributed by atoms with Gasteiger partial charge in [0.05, 0.1) is 47.9 Å². The minimum Gasteiger partial charge on any atom is -0.383 e. The Balaban J connectivity index is 1.46. The van der Waals surface area contributed by atoms with Crippen molar-refractivity contribution in [1.82, 2.24) is 24.9 Å². The van der Waals surface area contributed by atoms with E-state index in [4.69, 9.17) is 4.74 Å². The molecule has 0 aliphatic heterocycles. The maximum Gasteiger partial charge on any atom is 0.416 e. The molecule has 0 spiro atoms. The van der Waals surface area contributed by atoms with Gasteiger partial charge in [0, 0.05) is 19.5 Å². The summed E-state index contributed by atoms with van der Waals surface area (Å²) in [6.45, 7) is 1.20. The molecule has 0 fully saturated rings. The van der Waals surface area contributed by atoms with E-state index >= 15 is 0 Å². The van der Waals surface area contributed by atoms with Gasteiger partial charge in [0.1, 0.15) is 0 Å². The number of fused-ring (bicyclic) bond motifs is 1. The molecule has 2 heterocycles. The average Bonchev–Trinajstić information content (AvgIpc) is 3.39. The van der Waals surface area contributed by atoms with Crippen LogP contribution < -0.4 is 5.32 Å². The van der Waals surface area contributed by atoms with Gasteiger partial charge in [-0.2, -0.15) is 23.4 Å². The van der Waals surface area contributed by atoms with E-state index in [1.807, 2.05) is 10.9 Å². The van der Waals surface area contributed by atoms with Crippen LogP contribution in [-0.4, -0.2) is 39.2 Å². The minimum absolute atomic E-state index is 0.200. The molecule has 1 unspecified atom stereocenters. The topological polar surface area (TPSA) is 74.0 Å². The van der Waals surface area contributed by atoms with E-state index in [-0.39, 0.29) is 11.9 Å². The number of benzene rings is 1. The molecule has 31 heavy (non-hydrogen) atoms. The van der Waals surface area contributed by atoms with Crippen LogP contribution in [0.1, 0.15) is 46.1 Å². The second kappa shape index (κ2) is 8.54. The van der Waals surface area contributed by atoms with Crippen molar-refractivity contribution in [3.63, 3.8) is 0 Å². The molecule has 0 saturated heterocycles. The van der Waals surface area contributed by atoms with Gasteiger partial charge in [0.2, 0.25) is 0 Å². The van der Waals surface area contributed by atoms with E-state index in [9.17, 15) is 18.0 Å². The predicted octanol–water partition coefficient (Wildman–Crippen LogP) is 3.54. The Morgan fingerprint density at radius 2 is 2.03 bits per heavy atom. The first-order chi connectivity index (χ1) is 14.8. The van der Waals surface area contributed by atoms with Gasteiger partial charge in [-0.15, -0.1) is 0 Å². The van der Waals surface area contributed by atoms with Gasteiger partial charge in [-0.3, -0.25) is 9.48 Å². The Kier molecular flexibility index (Phi) is 5.81. The van der Waals surface area contributed by atoms with E-state index in [2.05, 4.69) is 15.5 Å². The third-order valence-electron chi connectivity index (χ3n) is 5.27. The Labute approximate surface area is 176 Å². The lowest BCUT2D eigenvalue weighted by Gasteiger charge is -2.21. The SMILES string of the molecule is COCCn1cc2c(n1)C(NC(=O)c1cnn(-c3ccc(C(F)(F)F)cc3)c1)CCC2. The highest BCUT2D eigenvalue weighted by molar-refractivity contribution is 5.94. The van der Waals surface area contributed by atoms with Gasteiger partial charge >= 0.3 is 6.18 Å². The summed E-state index contributed by atoms with van der Waals surface area (Å²) in [6.07, 6.45) is 3.14. The summed E-state index contributed by atoms with van der Waals surface area (Å²) in [4.78, 5) is 12.8. The minimum atomic E-state index is -4.40. The van der Waals surface area contributed by atoms with Crippen LogP contribution in [0.3, 0.4) is 0 Å². The van der Waals surface area contributed by atoms with Crippen LogP contribution in [0, 0.1) is 0 Å². The van der Waals surface area contributed by atoms with E-state index in [0.717, 1.165) is 42.7 Å². The zero-order valence-electron chi connectivity index (χ0n) is 16.9. The molecule has 10 heteroatoms. The maximum atomic E-state index is 12.8. The summed E-state index contributed by atoms with van der Waals surface area (Å²) in [6, 6.07) is 4.41. The third kappa shape index (κ3) is 4.63. The van der Waals surface area contributed by atoms with Gasteiger partial charge in [-0.25, -0.2) is 4.68 Å². The summed E-state index contributed by atoms with van der Waals surface area (Å²) >= 11 is 0. The highest BCUT2D eigenvalue weighted by atomic mass is 19.4. The Morgan fingerprint density at radius 1 is 1.26 bits per heavy atom. The lowest BCUT2D eigenvalue weighted by atomic mass is 9.93. The number of carbonyl (C=O) groups is 1. The van der Waals surface area contributed by atoms with E-state index in [1.54, 1.807) is 7.11 Å². The first-order valence-electron chi connectivity index (χ1n) is 9.93. The highest BCUT2D eigenvalue weighted by Crippen LogP contribution is 2.30. The Morgan fingerprint density at radius 3 is 2.74 bits per heavy atom. The normalized spacial score (nSPS) is 16.2. The van der Waals surface area contributed by atoms with Crippen molar-refractivity contribution in [2.45, 2.75) is 38.0 Å². The molecular weight excluding hydrogens is 411 g/mol. The fraction of sp³-hybridized carbons (Fsp3) is 0.381. The molecule has 0 radical (unpaired) electrons. The predicted molar refractivity (Wildman–Crippen MR) is 106 cm³/mol. The first kappa shape index (κ1) is 21.1. The number of hydrogen-bond acceptors (Lipinski definition) is 4. The number of alkyl halides is 3. The molecule has 1 aliphatic rings. The Bertz CT molecular complexity index is 1060. The second-order valence-electron chi connectivity index (χ2n) is 7.43. The fourth-order valence-corrected chi connectivity index (χ4v) is 3.66. The van der Waals surface area contributed by atoms with Crippen molar-refractivity contribution in [1.29, 1.82) is 0 Å². The lowest BCUT2D eigenvalue weighted by molar-refractivity contribution is -0.137. The smallest absolute Gasteiger partial charge is 0.383 e. The molecule has 1 aliphatic carbocycles. The summed E-state index contributed by atoms with van der Waals surface area (Å²) in [5.74, 6) is -0.303. The second-order valence-corrected chi connectivity index (χ2v) is 7.43. The number of amides is 1. The van der Waals surface area contributed by atoms with Crippen molar-refractivity contribution >= 4 is 5.91 Å². The number of hydrogen-bond donors (Lipinski definition) is 1. The monoisotopic (exact) mass is 433 g/mol. The number of nitrogens with zero attached hydrogens (tertiary/aromatic N) is 4. The Hall–Kier alpha value is -3.14. The van der Waals surface area contributed by atoms with Crippen molar-refractivity contribution in [3.05, 3.63) is 65.2 Å². The largest absolute Gasteiger partial charge is 0.416 e. The van der Waals surface area contributed by atoms with Crippen LogP contribution in [0.2, 0.25) is 0 Å². The molecular formula is C21H22F3N5O2. The van der Waals surface area contributed by atoms with E-state index in [1.165, 1.54) is 29.2 Å². The molecule has 3 aromatic rings. The van der Waals surface area contributed by atoms with Crippen LogP contribution >= 0.6 is 0 Å². The van der Waals surface area contributed by atoms with Crippen molar-refractivity contribution in [2.24, 2.45) is 0 Å². The molecule has 164 valence electrons. The van der Waals surface area contributed by atoms with E-state index < -0.39 is 11.7 Å². The summed E-state index contributed by atoms with van der Waals surface area (Å²) in [5, 5.41) is 11.7. The van der Waals surface area contributed by atoms with Gasteiger partial charge in [0.25, 0.3) is 5.91 Å². The number of methoxy groups -OCH3 is 1. The molecule has 1 atom stereocenters. The number of ether oxygens (including phenoxy) is 1. The molecule has 0 bridgehead atoms. The lowest BCUT2D eigenvalue weighted by Crippen LogP contribution is -2.31. The number of rotatable bonds is 6. The quantitative estimate of drug-likeness (QED) is 0.645. The zero-order valence-corrected chi connectivity index (χ0v) is 16.9. The fourth-order valence-electron chi connectivity index (χ4n) is 3.66. The molecule has 2 aromatic heterocycles. The van der Waals surface area contributed by atoms with Crippen molar-refractivity contribution in [2.75, 3.05) is 13.7 Å². The molecule has 0 saturated carbocycles. The number of aryl methyl sites for hydroxylation is 1. The highest BCUT2D eigenvalue weighted by Gasteiger charge is 2.30. The standard InChI is InChI=1S/C21H22F3N5O2/c1-31-10-9-28-12-14-3-2-4-18(19(14)27-28)26-20(30)15-11-25-29(13-15)17-7-5-16(6-8-17)21(22,23)24/h5-8,11-13,18H,2-4,9-10H2,1H3,(H,26,30). The molecule has 1 aromatic carbocycles. The number of halogens is 3. The molecule has 4 rings (SSSR count). The summed E-state index contributed by atoms with van der Waals surface area (Å²) in [5.41, 5.74) is 2.01. The van der Waals surface area contributed by atoms with Crippen molar-refractivity contribution in [3.8, 4) is 5.69 Å². The molecule has 1 amide bonds. The van der Waals surface area contributed by atoms with E-state index in [0.29, 0.717) is 24.4 Å².